The molecule has 4 heteroatoms. The first-order valence-electron chi connectivity index (χ1n) is 12.2. The van der Waals surface area contributed by atoms with Crippen LogP contribution in [-0.4, -0.2) is 25.2 Å². The normalized spacial score (nSPS) is 22.3. The fourth-order valence-corrected chi connectivity index (χ4v) is 4.54. The molecule has 0 aliphatic heterocycles. The zero-order valence-corrected chi connectivity index (χ0v) is 21.0. The minimum Gasteiger partial charge on any atom is -0.465 e. The summed E-state index contributed by atoms with van der Waals surface area (Å²) in [6.07, 6.45) is 7.28. The minimum absolute atomic E-state index is 0.0651. The number of hydrogen-bond donors (Lipinski definition) is 0. The van der Waals surface area contributed by atoms with Crippen LogP contribution in [0.5, 0.6) is 0 Å². The van der Waals surface area contributed by atoms with Gasteiger partial charge >= 0.3 is 11.9 Å². The maximum Gasteiger partial charge on any atom is 0.308 e. The van der Waals surface area contributed by atoms with E-state index in [-0.39, 0.29) is 34.6 Å². The molecule has 2 atom stereocenters. The van der Waals surface area contributed by atoms with Gasteiger partial charge in [-0.3, -0.25) is 9.59 Å². The molecule has 1 aliphatic carbocycles. The van der Waals surface area contributed by atoms with Gasteiger partial charge in [-0.25, -0.2) is 0 Å². The van der Waals surface area contributed by atoms with Crippen molar-refractivity contribution in [3.8, 4) is 0 Å². The van der Waals surface area contributed by atoms with E-state index in [1.807, 2.05) is 0 Å². The summed E-state index contributed by atoms with van der Waals surface area (Å²) < 4.78 is 11.2. The Morgan fingerprint density at radius 3 is 1.30 bits per heavy atom. The van der Waals surface area contributed by atoms with E-state index in [0.717, 1.165) is 51.4 Å². The molecule has 0 spiro atoms. The molecule has 0 amide bonds. The molecule has 1 fully saturated rings. The van der Waals surface area contributed by atoms with Crippen molar-refractivity contribution in [3.63, 3.8) is 0 Å². The second-order valence-electron chi connectivity index (χ2n) is 11.5. The smallest absolute Gasteiger partial charge is 0.308 e. The summed E-state index contributed by atoms with van der Waals surface area (Å²) in [5, 5.41) is 0. The van der Waals surface area contributed by atoms with Gasteiger partial charge in [0.2, 0.25) is 0 Å². The SMILES string of the molecule is CCC(C)(C)CC(C)COC(=O)C1CCC(C(=O)OCC(C)CC(C)(C)CC)CC1. The van der Waals surface area contributed by atoms with Gasteiger partial charge in [-0.15, -0.1) is 0 Å². The Balaban J connectivity index is 2.31. The molecule has 0 heterocycles. The fourth-order valence-electron chi connectivity index (χ4n) is 4.54. The Bertz CT molecular complexity index is 481. The van der Waals surface area contributed by atoms with Crippen molar-refractivity contribution in [2.45, 2.75) is 107 Å². The Hall–Kier alpha value is -1.06. The first-order chi connectivity index (χ1) is 13.9. The summed E-state index contributed by atoms with van der Waals surface area (Å²) in [5.74, 6) is 0.441. The standard InChI is InChI=1S/C26H48O4/c1-9-25(5,6)15-19(3)17-29-23(27)21-11-13-22(14-12-21)24(28)30-18-20(4)16-26(7,8)10-2/h19-22H,9-18H2,1-8H3. The van der Waals surface area contributed by atoms with E-state index in [2.05, 4.69) is 55.4 Å². The molecular formula is C26H48O4. The van der Waals surface area contributed by atoms with E-state index in [1.165, 1.54) is 0 Å². The van der Waals surface area contributed by atoms with Crippen LogP contribution < -0.4 is 0 Å². The maximum atomic E-state index is 12.5. The molecule has 30 heavy (non-hydrogen) atoms. The molecule has 4 nitrogen and oxygen atoms in total. The Labute approximate surface area is 185 Å². The van der Waals surface area contributed by atoms with Crippen molar-refractivity contribution in [1.82, 2.24) is 0 Å². The molecule has 0 N–H and O–H groups in total. The first-order valence-corrected chi connectivity index (χ1v) is 12.2. The number of rotatable bonds is 12. The third-order valence-corrected chi connectivity index (χ3v) is 7.13. The Morgan fingerprint density at radius 2 is 1.03 bits per heavy atom. The molecule has 0 radical (unpaired) electrons. The quantitative estimate of drug-likeness (QED) is 0.323. The van der Waals surface area contributed by atoms with Crippen molar-refractivity contribution in [2.75, 3.05) is 13.2 Å². The number of hydrogen-bond acceptors (Lipinski definition) is 4. The van der Waals surface area contributed by atoms with E-state index in [1.54, 1.807) is 0 Å². The molecule has 0 aromatic heterocycles. The van der Waals surface area contributed by atoms with Crippen LogP contribution in [0, 0.1) is 34.5 Å². The van der Waals surface area contributed by atoms with E-state index < -0.39 is 0 Å². The van der Waals surface area contributed by atoms with Crippen LogP contribution in [0.4, 0.5) is 0 Å². The van der Waals surface area contributed by atoms with Crippen LogP contribution >= 0.6 is 0 Å². The highest BCUT2D eigenvalue weighted by molar-refractivity contribution is 5.75. The third-order valence-electron chi connectivity index (χ3n) is 7.13. The van der Waals surface area contributed by atoms with Gasteiger partial charge in [0.05, 0.1) is 25.0 Å². The van der Waals surface area contributed by atoms with Gasteiger partial charge in [0.15, 0.2) is 0 Å². The molecule has 0 aromatic carbocycles. The number of ether oxygens (including phenoxy) is 2. The van der Waals surface area contributed by atoms with Crippen LogP contribution in [0.2, 0.25) is 0 Å². The zero-order valence-electron chi connectivity index (χ0n) is 21.0. The first kappa shape index (κ1) is 27.0. The van der Waals surface area contributed by atoms with Gasteiger partial charge < -0.3 is 9.47 Å². The van der Waals surface area contributed by atoms with Crippen molar-refractivity contribution >= 4 is 11.9 Å². The molecule has 0 aromatic rings. The Kier molecular flexibility index (Phi) is 10.9. The highest BCUT2D eigenvalue weighted by Gasteiger charge is 2.32. The van der Waals surface area contributed by atoms with Crippen LogP contribution in [0.3, 0.4) is 0 Å². The number of carbonyl (C=O) groups excluding carboxylic acids is 2. The predicted octanol–water partition coefficient (Wildman–Crippen LogP) is 6.80. The summed E-state index contributed by atoms with van der Waals surface area (Å²) in [6.45, 7) is 18.7. The summed E-state index contributed by atoms with van der Waals surface area (Å²) >= 11 is 0. The number of esters is 2. The number of carbonyl (C=O) groups is 2. The Morgan fingerprint density at radius 1 is 0.733 bits per heavy atom. The zero-order chi connectivity index (χ0) is 22.9. The second-order valence-corrected chi connectivity index (χ2v) is 11.5. The van der Waals surface area contributed by atoms with Crippen LogP contribution in [0.1, 0.15) is 107 Å². The largest absolute Gasteiger partial charge is 0.465 e. The lowest BCUT2D eigenvalue weighted by atomic mass is 9.81. The van der Waals surface area contributed by atoms with Crippen LogP contribution in [0.25, 0.3) is 0 Å². The lowest BCUT2D eigenvalue weighted by molar-refractivity contribution is -0.156. The lowest BCUT2D eigenvalue weighted by Crippen LogP contribution is -2.30. The van der Waals surface area contributed by atoms with Gasteiger partial charge in [0, 0.05) is 0 Å². The highest BCUT2D eigenvalue weighted by atomic mass is 16.5. The molecule has 1 aliphatic rings. The van der Waals surface area contributed by atoms with Crippen LogP contribution in [0.15, 0.2) is 0 Å². The van der Waals surface area contributed by atoms with Gasteiger partial charge in [-0.05, 0) is 61.2 Å². The highest BCUT2D eigenvalue weighted by Crippen LogP contribution is 2.33. The van der Waals surface area contributed by atoms with E-state index in [4.69, 9.17) is 9.47 Å². The van der Waals surface area contributed by atoms with Crippen LogP contribution in [-0.2, 0) is 19.1 Å². The molecule has 1 rings (SSSR count). The summed E-state index contributed by atoms with van der Waals surface area (Å²) in [6, 6.07) is 0. The van der Waals surface area contributed by atoms with E-state index in [9.17, 15) is 9.59 Å². The predicted molar refractivity (Wildman–Crippen MR) is 123 cm³/mol. The minimum atomic E-state index is -0.0848. The maximum absolute atomic E-state index is 12.5. The van der Waals surface area contributed by atoms with Gasteiger partial charge in [0.25, 0.3) is 0 Å². The van der Waals surface area contributed by atoms with Crippen molar-refractivity contribution in [2.24, 2.45) is 34.5 Å². The van der Waals surface area contributed by atoms with Gasteiger partial charge in [-0.2, -0.15) is 0 Å². The topological polar surface area (TPSA) is 52.6 Å². The molecular weight excluding hydrogens is 376 g/mol. The molecule has 0 bridgehead atoms. The molecule has 2 unspecified atom stereocenters. The second kappa shape index (κ2) is 12.1. The van der Waals surface area contributed by atoms with Crippen molar-refractivity contribution in [1.29, 1.82) is 0 Å². The third kappa shape index (κ3) is 9.83. The molecule has 0 saturated heterocycles. The molecule has 176 valence electrons. The average Bonchev–Trinajstić information content (AvgIpc) is 2.69. The fraction of sp³-hybridized carbons (Fsp3) is 0.923. The summed E-state index contributed by atoms with van der Waals surface area (Å²) in [7, 11) is 0. The van der Waals surface area contributed by atoms with Crippen molar-refractivity contribution in [3.05, 3.63) is 0 Å². The monoisotopic (exact) mass is 424 g/mol. The summed E-state index contributed by atoms with van der Waals surface area (Å²) in [4.78, 5) is 24.9. The van der Waals surface area contributed by atoms with Gasteiger partial charge in [0.1, 0.15) is 0 Å². The molecule has 1 saturated carbocycles. The summed E-state index contributed by atoms with van der Waals surface area (Å²) in [5.41, 5.74) is 0.571. The van der Waals surface area contributed by atoms with E-state index >= 15 is 0 Å². The van der Waals surface area contributed by atoms with E-state index in [0.29, 0.717) is 25.0 Å². The van der Waals surface area contributed by atoms with Crippen molar-refractivity contribution < 1.29 is 19.1 Å². The van der Waals surface area contributed by atoms with Gasteiger partial charge in [-0.1, -0.05) is 68.2 Å². The lowest BCUT2D eigenvalue weighted by Gasteiger charge is -2.29. The average molecular weight is 425 g/mol.